The summed E-state index contributed by atoms with van der Waals surface area (Å²) in [5, 5.41) is 10.9. The Balaban J connectivity index is 3.48. The molecule has 19 heavy (non-hydrogen) atoms. The molecule has 112 valence electrons. The van der Waals surface area contributed by atoms with E-state index in [0.29, 0.717) is 19.6 Å². The summed E-state index contributed by atoms with van der Waals surface area (Å²) in [7, 11) is 0. The minimum atomic E-state index is -0.256. The fourth-order valence-electron chi connectivity index (χ4n) is 1.38. The fraction of sp³-hybridized carbons (Fsp3) is 0.846. The van der Waals surface area contributed by atoms with Crippen LogP contribution in [-0.2, 0) is 0 Å². The number of amides is 4. The van der Waals surface area contributed by atoms with Crippen LogP contribution in [0.4, 0.5) is 9.59 Å². The molecule has 0 unspecified atom stereocenters. The number of carbonyl (C=O) groups is 2. The molecule has 0 heterocycles. The van der Waals surface area contributed by atoms with Gasteiger partial charge >= 0.3 is 12.1 Å². The Labute approximate surface area is 116 Å². The van der Waals surface area contributed by atoms with E-state index in [9.17, 15) is 9.59 Å². The van der Waals surface area contributed by atoms with Gasteiger partial charge in [-0.3, -0.25) is 0 Å². The van der Waals surface area contributed by atoms with E-state index in [2.05, 4.69) is 28.2 Å². The number of unbranched alkanes of at least 4 members (excludes halogenated alkanes) is 2. The van der Waals surface area contributed by atoms with Crippen LogP contribution in [0.5, 0.6) is 0 Å². The number of carbonyl (C=O) groups excluding carboxylic acids is 2. The molecule has 6 heteroatoms. The van der Waals surface area contributed by atoms with E-state index in [1.54, 1.807) is 0 Å². The SMILES string of the molecule is CCCCCNC(=O)NCCNC(=O)NC(C)(C)C. The molecule has 4 N–H and O–H groups in total. The third-order valence-corrected chi connectivity index (χ3v) is 2.25. The molecule has 0 aromatic heterocycles. The lowest BCUT2D eigenvalue weighted by molar-refractivity contribution is 0.230. The van der Waals surface area contributed by atoms with Crippen molar-refractivity contribution in [3.05, 3.63) is 0 Å². The van der Waals surface area contributed by atoms with Gasteiger partial charge in [-0.25, -0.2) is 9.59 Å². The Kier molecular flexibility index (Phi) is 8.74. The zero-order valence-electron chi connectivity index (χ0n) is 12.6. The summed E-state index contributed by atoms with van der Waals surface area (Å²) in [4.78, 5) is 22.7. The van der Waals surface area contributed by atoms with Crippen molar-refractivity contribution in [2.75, 3.05) is 19.6 Å². The van der Waals surface area contributed by atoms with Gasteiger partial charge in [-0.2, -0.15) is 0 Å². The van der Waals surface area contributed by atoms with Gasteiger partial charge in [-0.05, 0) is 27.2 Å². The van der Waals surface area contributed by atoms with Crippen LogP contribution in [0, 0.1) is 0 Å². The Morgan fingerprint density at radius 1 is 0.842 bits per heavy atom. The maximum absolute atomic E-state index is 11.4. The topological polar surface area (TPSA) is 82.3 Å². The van der Waals surface area contributed by atoms with Crippen molar-refractivity contribution < 1.29 is 9.59 Å². The van der Waals surface area contributed by atoms with E-state index in [0.717, 1.165) is 19.3 Å². The maximum Gasteiger partial charge on any atom is 0.315 e. The van der Waals surface area contributed by atoms with Crippen molar-refractivity contribution in [2.45, 2.75) is 52.5 Å². The lowest BCUT2D eigenvalue weighted by Crippen LogP contribution is -2.48. The molecule has 0 rings (SSSR count). The van der Waals surface area contributed by atoms with Gasteiger partial charge in [0.2, 0.25) is 0 Å². The van der Waals surface area contributed by atoms with Gasteiger partial charge in [-0.15, -0.1) is 0 Å². The summed E-state index contributed by atoms with van der Waals surface area (Å²) >= 11 is 0. The molecule has 0 aliphatic rings. The first-order valence-electron chi connectivity index (χ1n) is 6.93. The molecule has 0 atom stereocenters. The summed E-state index contributed by atoms with van der Waals surface area (Å²) in [6.07, 6.45) is 3.25. The zero-order valence-corrected chi connectivity index (χ0v) is 12.6. The molecule has 0 saturated heterocycles. The molecular weight excluding hydrogens is 244 g/mol. The Morgan fingerprint density at radius 3 is 1.89 bits per heavy atom. The van der Waals surface area contributed by atoms with Gasteiger partial charge in [0.05, 0.1) is 0 Å². The second-order valence-electron chi connectivity index (χ2n) is 5.52. The molecule has 0 saturated carbocycles. The van der Waals surface area contributed by atoms with Crippen LogP contribution in [-0.4, -0.2) is 37.2 Å². The van der Waals surface area contributed by atoms with Gasteiger partial charge in [0, 0.05) is 25.2 Å². The molecule has 0 bridgehead atoms. The summed E-state index contributed by atoms with van der Waals surface area (Å²) in [5.74, 6) is 0. The lowest BCUT2D eigenvalue weighted by atomic mass is 10.1. The molecule has 0 radical (unpaired) electrons. The van der Waals surface area contributed by atoms with Crippen LogP contribution in [0.15, 0.2) is 0 Å². The lowest BCUT2D eigenvalue weighted by Gasteiger charge is -2.20. The normalized spacial score (nSPS) is 10.7. The Morgan fingerprint density at radius 2 is 1.37 bits per heavy atom. The molecule has 4 amide bonds. The molecule has 0 aromatic rings. The molecule has 0 aliphatic carbocycles. The minimum Gasteiger partial charge on any atom is -0.338 e. The zero-order chi connectivity index (χ0) is 14.7. The molecule has 0 fully saturated rings. The van der Waals surface area contributed by atoms with E-state index < -0.39 is 0 Å². The number of nitrogens with one attached hydrogen (secondary N) is 4. The fourth-order valence-corrected chi connectivity index (χ4v) is 1.38. The summed E-state index contributed by atoms with van der Waals surface area (Å²) in [6, 6.07) is -0.410. The minimum absolute atomic E-state index is 0.186. The number of hydrogen-bond donors (Lipinski definition) is 4. The van der Waals surface area contributed by atoms with Crippen LogP contribution in [0.2, 0.25) is 0 Å². The van der Waals surface area contributed by atoms with Crippen molar-refractivity contribution in [3.8, 4) is 0 Å². The largest absolute Gasteiger partial charge is 0.338 e. The molecular formula is C13H28N4O2. The van der Waals surface area contributed by atoms with Gasteiger partial charge in [0.25, 0.3) is 0 Å². The van der Waals surface area contributed by atoms with Gasteiger partial charge in [0.15, 0.2) is 0 Å². The average Bonchev–Trinajstić information content (AvgIpc) is 2.28. The van der Waals surface area contributed by atoms with Crippen molar-refractivity contribution in [3.63, 3.8) is 0 Å². The first kappa shape index (κ1) is 17.5. The molecule has 0 aromatic carbocycles. The second-order valence-corrected chi connectivity index (χ2v) is 5.52. The van der Waals surface area contributed by atoms with E-state index >= 15 is 0 Å². The standard InChI is InChI=1S/C13H28N4O2/c1-5-6-7-8-14-11(18)15-9-10-16-12(19)17-13(2,3)4/h5-10H2,1-4H3,(H2,14,15,18)(H2,16,17,19). The van der Waals surface area contributed by atoms with Crippen LogP contribution < -0.4 is 21.3 Å². The maximum atomic E-state index is 11.4. The number of rotatable bonds is 7. The molecule has 0 spiro atoms. The monoisotopic (exact) mass is 272 g/mol. The van der Waals surface area contributed by atoms with Crippen LogP contribution >= 0.6 is 0 Å². The Bertz CT molecular complexity index is 274. The van der Waals surface area contributed by atoms with Gasteiger partial charge < -0.3 is 21.3 Å². The van der Waals surface area contributed by atoms with E-state index in [4.69, 9.17) is 0 Å². The summed E-state index contributed by atoms with van der Waals surface area (Å²) < 4.78 is 0. The van der Waals surface area contributed by atoms with Gasteiger partial charge in [0.1, 0.15) is 0 Å². The van der Waals surface area contributed by atoms with E-state index in [1.165, 1.54) is 0 Å². The van der Waals surface area contributed by atoms with E-state index in [1.807, 2.05) is 20.8 Å². The molecule has 0 aliphatic heterocycles. The van der Waals surface area contributed by atoms with Gasteiger partial charge in [-0.1, -0.05) is 19.8 Å². The predicted molar refractivity (Wildman–Crippen MR) is 77.2 cm³/mol. The van der Waals surface area contributed by atoms with Crippen LogP contribution in [0.1, 0.15) is 47.0 Å². The first-order chi connectivity index (χ1) is 8.85. The highest BCUT2D eigenvalue weighted by atomic mass is 16.2. The predicted octanol–water partition coefficient (Wildman–Crippen LogP) is 1.57. The Hall–Kier alpha value is -1.46. The highest BCUT2D eigenvalue weighted by Crippen LogP contribution is 1.96. The highest BCUT2D eigenvalue weighted by Gasteiger charge is 2.12. The average molecular weight is 272 g/mol. The van der Waals surface area contributed by atoms with Crippen molar-refractivity contribution in [2.24, 2.45) is 0 Å². The van der Waals surface area contributed by atoms with E-state index in [-0.39, 0.29) is 17.6 Å². The number of urea groups is 2. The quantitative estimate of drug-likeness (QED) is 0.531. The van der Waals surface area contributed by atoms with Crippen LogP contribution in [0.3, 0.4) is 0 Å². The first-order valence-corrected chi connectivity index (χ1v) is 6.93. The van der Waals surface area contributed by atoms with Crippen molar-refractivity contribution in [1.82, 2.24) is 21.3 Å². The highest BCUT2D eigenvalue weighted by molar-refractivity contribution is 5.75. The van der Waals surface area contributed by atoms with Crippen molar-refractivity contribution >= 4 is 12.1 Å². The summed E-state index contributed by atoms with van der Waals surface area (Å²) in [6.45, 7) is 9.37. The third-order valence-electron chi connectivity index (χ3n) is 2.25. The smallest absolute Gasteiger partial charge is 0.315 e. The number of hydrogen-bond acceptors (Lipinski definition) is 2. The second kappa shape index (κ2) is 9.47. The molecule has 6 nitrogen and oxygen atoms in total. The third kappa shape index (κ3) is 12.8. The summed E-state index contributed by atoms with van der Waals surface area (Å²) in [5.41, 5.74) is -0.256. The van der Waals surface area contributed by atoms with Crippen LogP contribution in [0.25, 0.3) is 0 Å². The van der Waals surface area contributed by atoms with Crippen molar-refractivity contribution in [1.29, 1.82) is 0 Å².